The van der Waals surface area contributed by atoms with E-state index >= 15 is 0 Å². The molecule has 228 valence electrons. The first-order valence-electron chi connectivity index (χ1n) is 14.1. The first kappa shape index (κ1) is 31.8. The SMILES string of the molecule is C=CC(=O)OC(C)C(C)(CC(C)(C)C)c1cc(-n2nc3ccc(C(F)(F)F)cc3n2)c(O)c(C(C)(C)c2ccccc2)c1. The van der Waals surface area contributed by atoms with Gasteiger partial charge in [-0.1, -0.05) is 84.5 Å². The van der Waals surface area contributed by atoms with Gasteiger partial charge in [0.25, 0.3) is 0 Å². The average molecular weight is 594 g/mol. The number of aromatic nitrogens is 3. The number of phenolic OH excluding ortho intramolecular Hbond substituents is 1. The minimum absolute atomic E-state index is 0.0363. The molecule has 0 fully saturated rings. The van der Waals surface area contributed by atoms with Gasteiger partial charge in [0.1, 0.15) is 28.6 Å². The zero-order chi connectivity index (χ0) is 32.0. The molecule has 0 radical (unpaired) electrons. The summed E-state index contributed by atoms with van der Waals surface area (Å²) >= 11 is 0. The largest absolute Gasteiger partial charge is 0.505 e. The molecule has 4 aromatic rings. The maximum atomic E-state index is 13.4. The van der Waals surface area contributed by atoms with Crippen molar-refractivity contribution in [2.45, 2.75) is 78.0 Å². The van der Waals surface area contributed by atoms with Crippen LogP contribution in [0.5, 0.6) is 5.75 Å². The quantitative estimate of drug-likeness (QED) is 0.164. The van der Waals surface area contributed by atoms with Crippen molar-refractivity contribution in [3.05, 3.63) is 95.6 Å². The number of alkyl halides is 3. The molecule has 0 amide bonds. The normalized spacial score (nSPS) is 14.7. The number of fused-ring (bicyclic) bond motifs is 1. The molecule has 0 aliphatic heterocycles. The van der Waals surface area contributed by atoms with E-state index in [1.54, 1.807) is 6.07 Å². The fourth-order valence-electron chi connectivity index (χ4n) is 5.72. The Balaban J connectivity index is 2.03. The number of aromatic hydroxyl groups is 1. The summed E-state index contributed by atoms with van der Waals surface area (Å²) in [6.07, 6.45) is -3.44. The predicted octanol–water partition coefficient (Wildman–Crippen LogP) is 8.28. The smallest absolute Gasteiger partial charge is 0.416 e. The molecule has 43 heavy (non-hydrogen) atoms. The van der Waals surface area contributed by atoms with Crippen LogP contribution in [0.4, 0.5) is 13.2 Å². The molecule has 0 saturated heterocycles. The van der Waals surface area contributed by atoms with E-state index in [-0.39, 0.29) is 27.9 Å². The number of phenols is 1. The second kappa shape index (κ2) is 11.2. The molecule has 6 nitrogen and oxygen atoms in total. The lowest BCUT2D eigenvalue weighted by Gasteiger charge is -2.41. The molecule has 1 heterocycles. The van der Waals surface area contributed by atoms with Crippen LogP contribution >= 0.6 is 0 Å². The van der Waals surface area contributed by atoms with Gasteiger partial charge in [0.2, 0.25) is 0 Å². The lowest BCUT2D eigenvalue weighted by Crippen LogP contribution is -2.41. The Hall–Kier alpha value is -4.14. The summed E-state index contributed by atoms with van der Waals surface area (Å²) in [5.41, 5.74) is 0.194. The minimum atomic E-state index is -4.54. The van der Waals surface area contributed by atoms with Gasteiger partial charge in [-0.2, -0.15) is 13.2 Å². The Morgan fingerprint density at radius 2 is 1.56 bits per heavy atom. The maximum Gasteiger partial charge on any atom is 0.416 e. The summed E-state index contributed by atoms with van der Waals surface area (Å²) < 4.78 is 46.1. The number of carbonyl (C=O) groups is 1. The van der Waals surface area contributed by atoms with Crippen molar-refractivity contribution in [3.63, 3.8) is 0 Å². The van der Waals surface area contributed by atoms with E-state index < -0.39 is 34.6 Å². The number of rotatable bonds is 8. The van der Waals surface area contributed by atoms with Crippen LogP contribution in [0.2, 0.25) is 0 Å². The molecule has 0 aliphatic carbocycles. The van der Waals surface area contributed by atoms with E-state index in [1.165, 1.54) is 10.9 Å². The Kier molecular flexibility index (Phi) is 8.26. The van der Waals surface area contributed by atoms with Crippen molar-refractivity contribution in [3.8, 4) is 11.4 Å². The van der Waals surface area contributed by atoms with Gasteiger partial charge in [0.15, 0.2) is 0 Å². The van der Waals surface area contributed by atoms with Crippen LogP contribution in [0.1, 0.15) is 77.1 Å². The summed E-state index contributed by atoms with van der Waals surface area (Å²) in [6, 6.07) is 16.5. The number of hydrogen-bond donors (Lipinski definition) is 1. The Labute approximate surface area is 250 Å². The van der Waals surface area contributed by atoms with E-state index in [4.69, 9.17) is 4.74 Å². The number of halogens is 3. The first-order valence-corrected chi connectivity index (χ1v) is 14.1. The molecule has 0 aliphatic rings. The zero-order valence-corrected chi connectivity index (χ0v) is 25.6. The van der Waals surface area contributed by atoms with Gasteiger partial charge in [-0.3, -0.25) is 0 Å². The number of benzene rings is 3. The topological polar surface area (TPSA) is 77.2 Å². The average Bonchev–Trinajstić information content (AvgIpc) is 3.35. The van der Waals surface area contributed by atoms with Crippen molar-refractivity contribution >= 4 is 17.0 Å². The zero-order valence-electron chi connectivity index (χ0n) is 25.6. The third-order valence-electron chi connectivity index (χ3n) is 8.10. The highest BCUT2D eigenvalue weighted by molar-refractivity contribution is 5.81. The Bertz CT molecular complexity index is 1650. The van der Waals surface area contributed by atoms with Crippen molar-refractivity contribution in [2.24, 2.45) is 5.41 Å². The van der Waals surface area contributed by atoms with E-state index in [2.05, 4.69) is 37.5 Å². The second-order valence-electron chi connectivity index (χ2n) is 13.0. The van der Waals surface area contributed by atoms with Gasteiger partial charge in [-0.15, -0.1) is 15.0 Å². The van der Waals surface area contributed by atoms with Gasteiger partial charge in [-0.25, -0.2) is 4.79 Å². The van der Waals surface area contributed by atoms with Gasteiger partial charge < -0.3 is 9.84 Å². The number of esters is 1. The van der Waals surface area contributed by atoms with E-state index in [0.717, 1.165) is 29.3 Å². The molecule has 9 heteroatoms. The monoisotopic (exact) mass is 593 g/mol. The van der Waals surface area contributed by atoms with Crippen molar-refractivity contribution in [1.29, 1.82) is 0 Å². The van der Waals surface area contributed by atoms with Crippen LogP contribution in [0, 0.1) is 5.41 Å². The predicted molar refractivity (Wildman–Crippen MR) is 161 cm³/mol. The molecule has 2 unspecified atom stereocenters. The van der Waals surface area contributed by atoms with Gasteiger partial charge >= 0.3 is 12.1 Å². The third kappa shape index (κ3) is 6.45. The van der Waals surface area contributed by atoms with Crippen LogP contribution in [0.15, 0.2) is 73.3 Å². The number of hydrogen-bond acceptors (Lipinski definition) is 5. The molecule has 0 spiro atoms. The number of nitrogens with zero attached hydrogens (tertiary/aromatic N) is 3. The van der Waals surface area contributed by atoms with E-state index in [9.17, 15) is 23.1 Å². The first-order chi connectivity index (χ1) is 19.9. The lowest BCUT2D eigenvalue weighted by atomic mass is 9.66. The molecule has 0 saturated carbocycles. The number of ether oxygens (including phenoxy) is 1. The molecular formula is C34H38F3N3O3. The summed E-state index contributed by atoms with van der Waals surface area (Å²) in [5.74, 6) is -0.667. The van der Waals surface area contributed by atoms with Crippen LogP contribution in [0.25, 0.3) is 16.7 Å². The van der Waals surface area contributed by atoms with Crippen molar-refractivity contribution < 1.29 is 27.8 Å². The van der Waals surface area contributed by atoms with E-state index in [1.807, 2.05) is 64.1 Å². The number of carbonyl (C=O) groups excluding carboxylic acids is 1. The second-order valence-corrected chi connectivity index (χ2v) is 13.0. The Morgan fingerprint density at radius 1 is 0.930 bits per heavy atom. The summed E-state index contributed by atoms with van der Waals surface area (Å²) in [4.78, 5) is 13.5. The van der Waals surface area contributed by atoms with Crippen molar-refractivity contribution in [2.75, 3.05) is 0 Å². The van der Waals surface area contributed by atoms with E-state index in [0.29, 0.717) is 12.0 Å². The third-order valence-corrected chi connectivity index (χ3v) is 8.10. The molecule has 1 aromatic heterocycles. The summed E-state index contributed by atoms with van der Waals surface area (Å²) in [6.45, 7) is 17.6. The van der Waals surface area contributed by atoms with Crippen molar-refractivity contribution in [1.82, 2.24) is 15.0 Å². The summed E-state index contributed by atoms with van der Waals surface area (Å²) in [7, 11) is 0. The fraction of sp³-hybridized carbons (Fsp3) is 0.382. The van der Waals surface area contributed by atoms with Crippen LogP contribution in [-0.2, 0) is 26.5 Å². The molecular weight excluding hydrogens is 555 g/mol. The maximum absolute atomic E-state index is 13.4. The van der Waals surface area contributed by atoms with Gasteiger partial charge in [0.05, 0.1) is 5.56 Å². The molecule has 4 rings (SSSR count). The highest BCUT2D eigenvalue weighted by Gasteiger charge is 2.41. The highest BCUT2D eigenvalue weighted by Crippen LogP contribution is 2.46. The molecule has 1 N–H and O–H groups in total. The van der Waals surface area contributed by atoms with Crippen LogP contribution in [0.3, 0.4) is 0 Å². The fourth-order valence-corrected chi connectivity index (χ4v) is 5.72. The standard InChI is InChI=1S/C34H38F3N3O3/c1-9-29(41)43-21(2)33(8,20-31(3,4)5)24-17-25(32(6,7)22-13-11-10-12-14-22)30(42)28(19-24)40-38-26-16-15-23(34(35,36)37)18-27(26)39-40/h9-19,21,42H,1,20H2,2-8H3. The highest BCUT2D eigenvalue weighted by atomic mass is 19.4. The molecule has 2 atom stereocenters. The van der Waals surface area contributed by atoms with Crippen LogP contribution in [-0.4, -0.2) is 32.2 Å². The summed E-state index contributed by atoms with van der Waals surface area (Å²) in [5, 5.41) is 20.6. The Morgan fingerprint density at radius 3 is 2.14 bits per heavy atom. The van der Waals surface area contributed by atoms with Crippen LogP contribution < -0.4 is 0 Å². The molecule has 0 bridgehead atoms. The van der Waals surface area contributed by atoms with Gasteiger partial charge in [-0.05, 0) is 54.2 Å². The lowest BCUT2D eigenvalue weighted by molar-refractivity contribution is -0.146. The molecule has 3 aromatic carbocycles. The van der Waals surface area contributed by atoms with Gasteiger partial charge in [0, 0.05) is 22.5 Å². The minimum Gasteiger partial charge on any atom is -0.505 e.